The molecule has 0 saturated carbocycles. The molecule has 0 amide bonds. The first-order valence-electron chi connectivity index (χ1n) is 7.26. The zero-order chi connectivity index (χ0) is 11.4. The minimum Gasteiger partial charge on any atom is -0.302 e. The fraction of sp³-hybridized carbons (Fsp3) is 1.00. The summed E-state index contributed by atoms with van der Waals surface area (Å²) in [6.07, 6.45) is 7.07. The first kappa shape index (κ1) is 12.4. The average Bonchev–Trinajstić information content (AvgIpc) is 2.68. The molecule has 2 unspecified atom stereocenters. The Labute approximate surface area is 101 Å². The van der Waals surface area contributed by atoms with Crippen LogP contribution < -0.4 is 0 Å². The molecule has 2 atom stereocenters. The Morgan fingerprint density at radius 1 is 1.06 bits per heavy atom. The molecule has 0 bridgehead atoms. The molecule has 16 heavy (non-hydrogen) atoms. The Morgan fingerprint density at radius 2 is 1.81 bits per heavy atom. The van der Waals surface area contributed by atoms with Crippen molar-refractivity contribution in [2.45, 2.75) is 52.0 Å². The van der Waals surface area contributed by atoms with Gasteiger partial charge in [0.2, 0.25) is 0 Å². The molecule has 0 aromatic heterocycles. The Bertz CT molecular complexity index is 199. The molecule has 2 heteroatoms. The van der Waals surface area contributed by atoms with Gasteiger partial charge in [0.1, 0.15) is 0 Å². The number of piperidine rings is 1. The molecular formula is C14H28N2. The van der Waals surface area contributed by atoms with Gasteiger partial charge in [-0.3, -0.25) is 4.90 Å². The van der Waals surface area contributed by atoms with Gasteiger partial charge in [0.15, 0.2) is 0 Å². The molecule has 0 spiro atoms. The number of rotatable bonds is 4. The molecule has 2 nitrogen and oxygen atoms in total. The van der Waals surface area contributed by atoms with E-state index in [0.29, 0.717) is 0 Å². The summed E-state index contributed by atoms with van der Waals surface area (Å²) in [5.74, 6) is 0.923. The zero-order valence-electron chi connectivity index (χ0n) is 11.1. The maximum Gasteiger partial charge on any atom is 0.0112 e. The van der Waals surface area contributed by atoms with Crippen molar-refractivity contribution in [3.8, 4) is 0 Å². The first-order valence-corrected chi connectivity index (χ1v) is 7.26. The van der Waals surface area contributed by atoms with Gasteiger partial charge in [-0.2, -0.15) is 0 Å². The molecule has 2 heterocycles. The number of hydrogen-bond acceptors (Lipinski definition) is 2. The molecule has 2 rings (SSSR count). The van der Waals surface area contributed by atoms with E-state index >= 15 is 0 Å². The van der Waals surface area contributed by atoms with Crippen molar-refractivity contribution in [3.05, 3.63) is 0 Å². The van der Waals surface area contributed by atoms with Crippen LogP contribution in [0.2, 0.25) is 0 Å². The monoisotopic (exact) mass is 224 g/mol. The molecule has 0 aliphatic carbocycles. The predicted octanol–water partition coefficient (Wildman–Crippen LogP) is 2.59. The third-order valence-corrected chi connectivity index (χ3v) is 4.36. The molecule has 0 aromatic rings. The van der Waals surface area contributed by atoms with Gasteiger partial charge >= 0.3 is 0 Å². The minimum atomic E-state index is 0.875. The highest BCUT2D eigenvalue weighted by atomic mass is 15.2. The van der Waals surface area contributed by atoms with E-state index in [9.17, 15) is 0 Å². The van der Waals surface area contributed by atoms with E-state index in [2.05, 4.69) is 23.6 Å². The van der Waals surface area contributed by atoms with E-state index in [1.54, 1.807) is 0 Å². The van der Waals surface area contributed by atoms with Crippen molar-refractivity contribution < 1.29 is 0 Å². The van der Waals surface area contributed by atoms with Gasteiger partial charge in [-0.25, -0.2) is 0 Å². The van der Waals surface area contributed by atoms with Crippen molar-refractivity contribution in [2.24, 2.45) is 5.92 Å². The molecular weight excluding hydrogens is 196 g/mol. The van der Waals surface area contributed by atoms with Crippen molar-refractivity contribution in [1.29, 1.82) is 0 Å². The molecule has 0 aromatic carbocycles. The van der Waals surface area contributed by atoms with Crippen LogP contribution in [0.1, 0.15) is 46.0 Å². The lowest BCUT2D eigenvalue weighted by molar-refractivity contribution is 0.171. The Kier molecular flexibility index (Phi) is 4.66. The quantitative estimate of drug-likeness (QED) is 0.724. The van der Waals surface area contributed by atoms with Crippen LogP contribution in [0.4, 0.5) is 0 Å². The van der Waals surface area contributed by atoms with E-state index in [1.807, 2.05) is 0 Å². The third kappa shape index (κ3) is 3.21. The normalized spacial score (nSPS) is 33.4. The van der Waals surface area contributed by atoms with Gasteiger partial charge in [-0.15, -0.1) is 0 Å². The Morgan fingerprint density at radius 3 is 2.50 bits per heavy atom. The molecule has 2 aliphatic rings. The van der Waals surface area contributed by atoms with Crippen LogP contribution in [-0.4, -0.2) is 48.6 Å². The van der Waals surface area contributed by atoms with Gasteiger partial charge in [-0.05, 0) is 44.7 Å². The fourth-order valence-corrected chi connectivity index (χ4v) is 3.39. The predicted molar refractivity (Wildman–Crippen MR) is 69.7 cm³/mol. The average molecular weight is 224 g/mol. The maximum absolute atomic E-state index is 2.74. The lowest BCUT2D eigenvalue weighted by Gasteiger charge is -2.30. The van der Waals surface area contributed by atoms with Crippen molar-refractivity contribution in [2.75, 3.05) is 32.7 Å². The highest BCUT2D eigenvalue weighted by Crippen LogP contribution is 2.24. The van der Waals surface area contributed by atoms with Crippen molar-refractivity contribution in [1.82, 2.24) is 9.80 Å². The van der Waals surface area contributed by atoms with Crippen LogP contribution >= 0.6 is 0 Å². The summed E-state index contributed by atoms with van der Waals surface area (Å²) in [6.45, 7) is 11.4. The van der Waals surface area contributed by atoms with Crippen molar-refractivity contribution >= 4 is 0 Å². The van der Waals surface area contributed by atoms with Crippen LogP contribution in [-0.2, 0) is 0 Å². The number of likely N-dealkylation sites (tertiary alicyclic amines) is 2. The summed E-state index contributed by atoms with van der Waals surface area (Å²) in [5, 5.41) is 0. The van der Waals surface area contributed by atoms with Crippen LogP contribution in [0.25, 0.3) is 0 Å². The number of nitrogens with zero attached hydrogens (tertiary/aromatic N) is 2. The van der Waals surface area contributed by atoms with Crippen LogP contribution in [0.3, 0.4) is 0 Å². The zero-order valence-corrected chi connectivity index (χ0v) is 11.1. The van der Waals surface area contributed by atoms with Crippen LogP contribution in [0, 0.1) is 5.92 Å². The second-order valence-corrected chi connectivity index (χ2v) is 5.80. The van der Waals surface area contributed by atoms with Crippen LogP contribution in [0.5, 0.6) is 0 Å². The molecule has 0 N–H and O–H groups in total. The maximum atomic E-state index is 2.74. The largest absolute Gasteiger partial charge is 0.302 e. The summed E-state index contributed by atoms with van der Waals surface area (Å²) in [5.41, 5.74) is 0. The standard InChI is InChI=1S/C14H28N2/c1-3-14-11-13(2)12-16(14)10-9-15-7-5-4-6-8-15/h13-14H,3-12H2,1-2H3. The molecule has 2 aliphatic heterocycles. The second-order valence-electron chi connectivity index (χ2n) is 5.80. The van der Waals surface area contributed by atoms with E-state index in [4.69, 9.17) is 0 Å². The third-order valence-electron chi connectivity index (χ3n) is 4.36. The lowest BCUT2D eigenvalue weighted by Crippen LogP contribution is -2.39. The van der Waals surface area contributed by atoms with Crippen molar-refractivity contribution in [3.63, 3.8) is 0 Å². The summed E-state index contributed by atoms with van der Waals surface area (Å²) < 4.78 is 0. The van der Waals surface area contributed by atoms with Crippen LogP contribution in [0.15, 0.2) is 0 Å². The second kappa shape index (κ2) is 6.02. The van der Waals surface area contributed by atoms with E-state index < -0.39 is 0 Å². The van der Waals surface area contributed by atoms with Gasteiger partial charge in [0.25, 0.3) is 0 Å². The van der Waals surface area contributed by atoms with Gasteiger partial charge in [0.05, 0.1) is 0 Å². The summed E-state index contributed by atoms with van der Waals surface area (Å²) in [7, 11) is 0. The van der Waals surface area contributed by atoms with E-state index in [0.717, 1.165) is 12.0 Å². The molecule has 94 valence electrons. The minimum absolute atomic E-state index is 0.875. The van der Waals surface area contributed by atoms with E-state index in [1.165, 1.54) is 64.8 Å². The summed E-state index contributed by atoms with van der Waals surface area (Å²) >= 11 is 0. The van der Waals surface area contributed by atoms with E-state index in [-0.39, 0.29) is 0 Å². The summed E-state index contributed by atoms with van der Waals surface area (Å²) in [6, 6.07) is 0.875. The van der Waals surface area contributed by atoms with Gasteiger partial charge < -0.3 is 4.90 Å². The molecule has 2 saturated heterocycles. The highest BCUT2D eigenvalue weighted by molar-refractivity contribution is 4.83. The van der Waals surface area contributed by atoms with Gasteiger partial charge in [-0.1, -0.05) is 20.3 Å². The Balaban J connectivity index is 1.71. The SMILES string of the molecule is CCC1CC(C)CN1CCN1CCCCC1. The highest BCUT2D eigenvalue weighted by Gasteiger charge is 2.27. The topological polar surface area (TPSA) is 6.48 Å². The molecule has 2 fully saturated rings. The fourth-order valence-electron chi connectivity index (χ4n) is 3.39. The smallest absolute Gasteiger partial charge is 0.0112 e. The first-order chi connectivity index (χ1) is 7.79. The summed E-state index contributed by atoms with van der Waals surface area (Å²) in [4.78, 5) is 5.40. The molecule has 0 radical (unpaired) electrons. The lowest BCUT2D eigenvalue weighted by atomic mass is 10.1. The Hall–Kier alpha value is -0.0800. The number of hydrogen-bond donors (Lipinski definition) is 0. The van der Waals surface area contributed by atoms with Gasteiger partial charge in [0, 0.05) is 25.7 Å².